The van der Waals surface area contributed by atoms with E-state index < -0.39 is 11.7 Å². The summed E-state index contributed by atoms with van der Waals surface area (Å²) in [5.41, 5.74) is 2.96. The molecule has 2 aromatic carbocycles. The van der Waals surface area contributed by atoms with Crippen LogP contribution >= 0.6 is 11.6 Å². The average Bonchev–Trinajstić information content (AvgIpc) is 3.29. The van der Waals surface area contributed by atoms with Crippen LogP contribution in [0.15, 0.2) is 36.4 Å². The maximum absolute atomic E-state index is 14.0. The number of benzene rings is 2. The summed E-state index contributed by atoms with van der Waals surface area (Å²) in [4.78, 5) is 33.1. The van der Waals surface area contributed by atoms with Crippen LogP contribution in [-0.2, 0) is 11.3 Å². The van der Waals surface area contributed by atoms with Gasteiger partial charge in [0.1, 0.15) is 5.82 Å². The Morgan fingerprint density at radius 2 is 1.76 bits per heavy atom. The lowest BCUT2D eigenvalue weighted by molar-refractivity contribution is -0.126. The maximum Gasteiger partial charge on any atom is 0.258 e. The fourth-order valence-electron chi connectivity index (χ4n) is 6.40. The van der Waals surface area contributed by atoms with Gasteiger partial charge in [-0.3, -0.25) is 19.8 Å². The van der Waals surface area contributed by atoms with Crippen molar-refractivity contribution >= 4 is 40.4 Å². The summed E-state index contributed by atoms with van der Waals surface area (Å²) < 4.78 is 16.1. The normalized spacial score (nSPS) is 21.0. The first kappa shape index (κ1) is 30.4. The number of likely N-dealkylation sites (tertiary alicyclic amines) is 1. The molecule has 1 atom stereocenters. The van der Waals surface area contributed by atoms with Gasteiger partial charge in [0.15, 0.2) is 0 Å². The Morgan fingerprint density at radius 3 is 2.40 bits per heavy atom. The minimum absolute atomic E-state index is 0.0361. The Hall–Kier alpha value is -3.01. The highest BCUT2D eigenvalue weighted by atomic mass is 35.5. The summed E-state index contributed by atoms with van der Waals surface area (Å²) >= 11 is 6.02. The number of anilines is 1. The number of nitrogens with one attached hydrogen (secondary N) is 2. The third-order valence-electron chi connectivity index (χ3n) is 8.69. The summed E-state index contributed by atoms with van der Waals surface area (Å²) in [6, 6.07) is 10.1. The van der Waals surface area contributed by atoms with Crippen molar-refractivity contribution in [3.8, 4) is 0 Å². The van der Waals surface area contributed by atoms with E-state index in [9.17, 15) is 19.1 Å². The molecule has 2 aliphatic rings. The van der Waals surface area contributed by atoms with Crippen molar-refractivity contribution < 1.29 is 19.1 Å². The molecule has 3 N–H and O–H groups in total. The van der Waals surface area contributed by atoms with Gasteiger partial charge >= 0.3 is 0 Å². The van der Waals surface area contributed by atoms with Gasteiger partial charge in [0, 0.05) is 35.1 Å². The minimum Gasteiger partial charge on any atom is -0.393 e. The summed E-state index contributed by atoms with van der Waals surface area (Å²) in [7, 11) is 0. The van der Waals surface area contributed by atoms with Gasteiger partial charge in [-0.2, -0.15) is 0 Å². The van der Waals surface area contributed by atoms with Crippen LogP contribution in [0.5, 0.6) is 0 Å². The van der Waals surface area contributed by atoms with Crippen LogP contribution in [0.3, 0.4) is 0 Å². The molecule has 8 nitrogen and oxygen atoms in total. The lowest BCUT2D eigenvalue weighted by Gasteiger charge is -2.33. The summed E-state index contributed by atoms with van der Waals surface area (Å²) in [6.45, 7) is 8.47. The summed E-state index contributed by atoms with van der Waals surface area (Å²) in [5, 5.41) is 16.1. The Labute approximate surface area is 251 Å². The number of nitrogens with zero attached hydrogens (tertiary/aromatic N) is 3. The van der Waals surface area contributed by atoms with Crippen molar-refractivity contribution in [3.05, 3.63) is 58.4 Å². The van der Waals surface area contributed by atoms with Crippen LogP contribution in [-0.4, -0.2) is 56.6 Å². The molecule has 10 heteroatoms. The third-order valence-corrected chi connectivity index (χ3v) is 8.91. The molecule has 1 aliphatic heterocycles. The first-order valence-electron chi connectivity index (χ1n) is 15.1. The van der Waals surface area contributed by atoms with E-state index in [0.717, 1.165) is 86.9 Å². The number of fused-ring (bicyclic) bond motifs is 1. The van der Waals surface area contributed by atoms with E-state index in [-0.39, 0.29) is 40.6 Å². The Morgan fingerprint density at radius 1 is 1.05 bits per heavy atom. The van der Waals surface area contributed by atoms with Gasteiger partial charge in [-0.05, 0) is 114 Å². The van der Waals surface area contributed by atoms with Crippen LogP contribution in [0.1, 0.15) is 81.3 Å². The zero-order chi connectivity index (χ0) is 30.0. The van der Waals surface area contributed by atoms with Crippen molar-refractivity contribution in [2.75, 3.05) is 18.4 Å². The fraction of sp³-hybridized carbons (Fsp3) is 0.531. The Kier molecular flexibility index (Phi) is 9.50. The number of rotatable bonds is 8. The Bertz CT molecular complexity index is 1400. The summed E-state index contributed by atoms with van der Waals surface area (Å²) in [6.07, 6.45) is 4.71. The fourth-order valence-corrected chi connectivity index (χ4v) is 6.63. The van der Waals surface area contributed by atoms with Crippen LogP contribution in [0.2, 0.25) is 5.02 Å². The van der Waals surface area contributed by atoms with Gasteiger partial charge in [-0.1, -0.05) is 17.7 Å². The number of piperidine rings is 1. The van der Waals surface area contributed by atoms with Crippen LogP contribution in [0.25, 0.3) is 11.0 Å². The molecule has 2 amide bonds. The molecular weight excluding hydrogens is 557 g/mol. The molecular formula is C32H41ClFN5O3. The van der Waals surface area contributed by atoms with Gasteiger partial charge in [-0.25, -0.2) is 9.37 Å². The maximum atomic E-state index is 14.0. The zero-order valence-corrected chi connectivity index (χ0v) is 25.3. The smallest absolute Gasteiger partial charge is 0.258 e. The van der Waals surface area contributed by atoms with E-state index in [2.05, 4.69) is 32.2 Å². The van der Waals surface area contributed by atoms with Crippen LogP contribution in [0.4, 0.5) is 10.3 Å². The second-order valence-corrected chi connectivity index (χ2v) is 12.7. The number of halogens is 2. The van der Waals surface area contributed by atoms with Crippen molar-refractivity contribution in [2.24, 2.45) is 11.8 Å². The number of hydrogen-bond donors (Lipinski definition) is 3. The lowest BCUT2D eigenvalue weighted by Crippen LogP contribution is -2.37. The van der Waals surface area contributed by atoms with E-state index in [1.165, 1.54) is 6.07 Å². The standard InChI is InChI=1S/C32H41ClFN5O3/c1-19(2)35-30(41)23-5-7-27(8-6-23)39-29-14-21(18-38-12-10-22(11-13-38)20(3)40)4-9-28(29)36-32(39)37-31(42)24-15-25(33)17-26(34)16-24/h4,9,14-17,19-20,22-23,27,40H,5-8,10-13,18H2,1-3H3,(H,35,41)(H,36,37,42). The molecule has 1 aromatic heterocycles. The topological polar surface area (TPSA) is 99.5 Å². The van der Waals surface area contributed by atoms with Gasteiger partial charge in [-0.15, -0.1) is 0 Å². The van der Waals surface area contributed by atoms with Gasteiger partial charge in [0.25, 0.3) is 5.91 Å². The van der Waals surface area contributed by atoms with E-state index in [1.54, 1.807) is 0 Å². The van der Waals surface area contributed by atoms with Crippen molar-refractivity contribution in [1.82, 2.24) is 19.8 Å². The number of carbonyl (C=O) groups excluding carboxylic acids is 2. The SMILES string of the molecule is CC(C)NC(=O)C1CCC(n2c(NC(=O)c3cc(F)cc(Cl)c3)nc3ccc(CN4CCC(C(C)O)CC4)cc32)CC1. The molecule has 42 heavy (non-hydrogen) atoms. The van der Waals surface area contributed by atoms with E-state index in [0.29, 0.717) is 11.9 Å². The molecule has 226 valence electrons. The monoisotopic (exact) mass is 597 g/mol. The predicted octanol–water partition coefficient (Wildman–Crippen LogP) is 5.93. The molecule has 2 fully saturated rings. The first-order valence-corrected chi connectivity index (χ1v) is 15.4. The molecule has 0 radical (unpaired) electrons. The molecule has 1 aliphatic carbocycles. The van der Waals surface area contributed by atoms with Gasteiger partial charge < -0.3 is 15.0 Å². The van der Waals surface area contributed by atoms with Crippen molar-refractivity contribution in [3.63, 3.8) is 0 Å². The van der Waals surface area contributed by atoms with Gasteiger partial charge in [0.05, 0.1) is 17.1 Å². The number of aliphatic hydroxyl groups is 1. The number of aliphatic hydroxyl groups excluding tert-OH is 1. The quantitative estimate of drug-likeness (QED) is 0.299. The molecule has 1 saturated carbocycles. The Balaban J connectivity index is 1.41. The van der Waals surface area contributed by atoms with E-state index >= 15 is 0 Å². The van der Waals surface area contributed by atoms with E-state index in [4.69, 9.17) is 16.6 Å². The highest BCUT2D eigenvalue weighted by Gasteiger charge is 2.30. The number of carbonyl (C=O) groups is 2. The third kappa shape index (κ3) is 7.13. The number of hydrogen-bond acceptors (Lipinski definition) is 5. The zero-order valence-electron chi connectivity index (χ0n) is 24.6. The second-order valence-electron chi connectivity index (χ2n) is 12.3. The lowest BCUT2D eigenvalue weighted by atomic mass is 9.85. The molecule has 3 aromatic rings. The highest BCUT2D eigenvalue weighted by molar-refractivity contribution is 6.31. The predicted molar refractivity (Wildman–Crippen MR) is 163 cm³/mol. The molecule has 2 heterocycles. The van der Waals surface area contributed by atoms with E-state index in [1.807, 2.05) is 26.8 Å². The second kappa shape index (κ2) is 13.1. The molecule has 0 bridgehead atoms. The number of aromatic nitrogens is 2. The summed E-state index contributed by atoms with van der Waals surface area (Å²) in [5.74, 6) is -0.258. The number of amides is 2. The van der Waals surface area contributed by atoms with Gasteiger partial charge in [0.2, 0.25) is 11.9 Å². The number of imidazole rings is 1. The first-order chi connectivity index (χ1) is 20.1. The van der Waals surface area contributed by atoms with Crippen molar-refractivity contribution in [1.29, 1.82) is 0 Å². The van der Waals surface area contributed by atoms with Crippen LogP contribution in [0, 0.1) is 17.7 Å². The average molecular weight is 598 g/mol. The van der Waals surface area contributed by atoms with Crippen LogP contribution < -0.4 is 10.6 Å². The molecule has 0 spiro atoms. The molecule has 5 rings (SSSR count). The highest BCUT2D eigenvalue weighted by Crippen LogP contribution is 2.37. The molecule has 1 saturated heterocycles. The minimum atomic E-state index is -0.582. The van der Waals surface area contributed by atoms with Crippen molar-refractivity contribution in [2.45, 2.75) is 84.0 Å². The molecule has 1 unspecified atom stereocenters. The largest absolute Gasteiger partial charge is 0.393 e.